The fourth-order valence-corrected chi connectivity index (χ4v) is 3.26. The van der Waals surface area contributed by atoms with Crippen molar-refractivity contribution in [3.05, 3.63) is 0 Å². The molecule has 0 bridgehead atoms. The minimum atomic E-state index is -1.10. The molecule has 2 nitrogen and oxygen atoms in total. The highest BCUT2D eigenvalue weighted by molar-refractivity contribution is 6.95. The lowest BCUT2D eigenvalue weighted by Gasteiger charge is -2.10. The second kappa shape index (κ2) is 7.46. The van der Waals surface area contributed by atoms with Gasteiger partial charge in [-0.1, -0.05) is 13.8 Å². The molecule has 62 valence electrons. The Hall–Kier alpha value is 0.354. The standard InChI is InChI=1S/C6H18O2Si2/c1-3-5-7-10(9)8-6-4-2/h10H,3-6H2,1-2,9H3. The molecule has 0 aromatic carbocycles. The molecule has 0 rings (SSSR count). The van der Waals surface area contributed by atoms with Crippen molar-refractivity contribution in [2.75, 3.05) is 13.2 Å². The first-order valence-corrected chi connectivity index (χ1v) is 9.60. The van der Waals surface area contributed by atoms with Crippen molar-refractivity contribution in [3.63, 3.8) is 0 Å². The van der Waals surface area contributed by atoms with Crippen LogP contribution in [0.15, 0.2) is 0 Å². The molecule has 0 aliphatic heterocycles. The third-order valence-electron chi connectivity index (χ3n) is 1.11. The highest BCUT2D eigenvalue weighted by Gasteiger charge is 2.01. The van der Waals surface area contributed by atoms with Crippen LogP contribution < -0.4 is 0 Å². The van der Waals surface area contributed by atoms with Crippen molar-refractivity contribution in [3.8, 4) is 0 Å². The maximum absolute atomic E-state index is 5.47. The Bertz CT molecular complexity index is 62.8. The molecule has 0 atom stereocenters. The van der Waals surface area contributed by atoms with Crippen molar-refractivity contribution in [2.24, 2.45) is 0 Å². The van der Waals surface area contributed by atoms with Crippen LogP contribution in [0.4, 0.5) is 0 Å². The van der Waals surface area contributed by atoms with Gasteiger partial charge in [0, 0.05) is 13.2 Å². The summed E-state index contributed by atoms with van der Waals surface area (Å²) >= 11 is 0. The highest BCUT2D eigenvalue weighted by Crippen LogP contribution is 1.88. The normalized spacial score (nSPS) is 11.1. The fourth-order valence-electron chi connectivity index (χ4n) is 0.616. The van der Waals surface area contributed by atoms with E-state index in [4.69, 9.17) is 8.85 Å². The van der Waals surface area contributed by atoms with E-state index in [1.807, 2.05) is 0 Å². The number of rotatable bonds is 6. The fraction of sp³-hybridized carbons (Fsp3) is 1.00. The van der Waals surface area contributed by atoms with Crippen LogP contribution in [0.5, 0.6) is 0 Å². The highest BCUT2D eigenvalue weighted by atomic mass is 29.2. The van der Waals surface area contributed by atoms with E-state index in [1.165, 1.54) is 0 Å². The van der Waals surface area contributed by atoms with Crippen LogP contribution in [0, 0.1) is 0 Å². The predicted octanol–water partition coefficient (Wildman–Crippen LogP) is -0.0778. The number of hydrogen-bond donors (Lipinski definition) is 0. The molecule has 0 aliphatic rings. The molecule has 0 heterocycles. The minimum Gasteiger partial charge on any atom is -0.399 e. The maximum atomic E-state index is 5.47. The Morgan fingerprint density at radius 2 is 1.50 bits per heavy atom. The lowest BCUT2D eigenvalue weighted by atomic mass is 10.5. The molecule has 10 heavy (non-hydrogen) atoms. The van der Waals surface area contributed by atoms with Gasteiger partial charge in [-0.3, -0.25) is 0 Å². The average molecular weight is 178 g/mol. The van der Waals surface area contributed by atoms with Crippen LogP contribution >= 0.6 is 0 Å². The largest absolute Gasteiger partial charge is 0.399 e. The van der Waals surface area contributed by atoms with E-state index in [0.717, 1.165) is 35.8 Å². The van der Waals surface area contributed by atoms with Gasteiger partial charge in [-0.25, -0.2) is 0 Å². The summed E-state index contributed by atoms with van der Waals surface area (Å²) in [6.45, 7) is 6.04. The lowest BCUT2D eigenvalue weighted by molar-refractivity contribution is 0.213. The van der Waals surface area contributed by atoms with Crippen LogP contribution in [-0.2, 0) is 8.85 Å². The van der Waals surface area contributed by atoms with E-state index in [2.05, 4.69) is 13.8 Å². The number of hydrogen-bond acceptors (Lipinski definition) is 2. The van der Waals surface area contributed by atoms with Gasteiger partial charge >= 0.3 is 0 Å². The van der Waals surface area contributed by atoms with Crippen LogP contribution in [0.25, 0.3) is 0 Å². The van der Waals surface area contributed by atoms with Gasteiger partial charge in [-0.2, -0.15) is 0 Å². The van der Waals surface area contributed by atoms with E-state index in [-0.39, 0.29) is 0 Å². The van der Waals surface area contributed by atoms with Crippen LogP contribution in [0.2, 0.25) is 0 Å². The molecule has 0 spiro atoms. The molecular weight excluding hydrogens is 160 g/mol. The molecule has 0 amide bonds. The Morgan fingerprint density at radius 1 is 1.10 bits per heavy atom. The second-order valence-electron chi connectivity index (χ2n) is 2.31. The van der Waals surface area contributed by atoms with E-state index in [9.17, 15) is 0 Å². The molecule has 0 aromatic rings. The van der Waals surface area contributed by atoms with Crippen LogP contribution in [0.3, 0.4) is 0 Å². The van der Waals surface area contributed by atoms with Crippen molar-refractivity contribution >= 4 is 18.6 Å². The van der Waals surface area contributed by atoms with Crippen molar-refractivity contribution in [1.29, 1.82) is 0 Å². The lowest BCUT2D eigenvalue weighted by Crippen LogP contribution is -2.24. The van der Waals surface area contributed by atoms with Gasteiger partial charge in [-0.05, 0) is 12.8 Å². The summed E-state index contributed by atoms with van der Waals surface area (Å²) in [5.74, 6) is 0. The minimum absolute atomic E-state index is 0.893. The van der Waals surface area contributed by atoms with Crippen LogP contribution in [-0.4, -0.2) is 31.8 Å². The van der Waals surface area contributed by atoms with Gasteiger partial charge < -0.3 is 8.85 Å². The third kappa shape index (κ3) is 6.47. The molecule has 0 fully saturated rings. The second-order valence-corrected chi connectivity index (χ2v) is 6.94. The summed E-state index contributed by atoms with van der Waals surface area (Å²) in [6, 6.07) is 0. The molecule has 4 heteroatoms. The van der Waals surface area contributed by atoms with Gasteiger partial charge in [0.1, 0.15) is 0 Å². The van der Waals surface area contributed by atoms with Crippen molar-refractivity contribution < 1.29 is 8.85 Å². The first kappa shape index (κ1) is 10.4. The third-order valence-corrected chi connectivity index (χ3v) is 4.52. The Labute approximate surface area is 68.0 Å². The topological polar surface area (TPSA) is 18.5 Å². The van der Waals surface area contributed by atoms with Gasteiger partial charge in [-0.15, -0.1) is 0 Å². The maximum Gasteiger partial charge on any atom is 0.288 e. The van der Waals surface area contributed by atoms with E-state index in [0.29, 0.717) is 0 Å². The molecular formula is C6H18O2Si2. The zero-order valence-corrected chi connectivity index (χ0v) is 10.4. The Kier molecular flexibility index (Phi) is 7.72. The molecule has 0 aromatic heterocycles. The molecule has 0 saturated carbocycles. The summed E-state index contributed by atoms with van der Waals surface area (Å²) in [5.41, 5.74) is 0. The van der Waals surface area contributed by atoms with Crippen LogP contribution in [0.1, 0.15) is 26.7 Å². The average Bonchev–Trinajstić information content (AvgIpc) is 1.97. The monoisotopic (exact) mass is 178 g/mol. The van der Waals surface area contributed by atoms with Crippen molar-refractivity contribution in [1.82, 2.24) is 0 Å². The first-order chi connectivity index (χ1) is 4.81. The SMILES string of the molecule is CCCO[SiH]([SiH3])OCCC. The predicted molar refractivity (Wildman–Crippen MR) is 49.6 cm³/mol. The zero-order valence-electron chi connectivity index (χ0n) is 7.22. The smallest absolute Gasteiger partial charge is 0.288 e. The van der Waals surface area contributed by atoms with E-state index in [1.54, 1.807) is 0 Å². The molecule has 0 saturated heterocycles. The summed E-state index contributed by atoms with van der Waals surface area (Å²) in [7, 11) is 0.0135. The Balaban J connectivity index is 3.00. The summed E-state index contributed by atoms with van der Waals surface area (Å²) in [6.07, 6.45) is 2.22. The first-order valence-electron chi connectivity index (χ1n) is 4.04. The van der Waals surface area contributed by atoms with Gasteiger partial charge in [0.25, 0.3) is 8.80 Å². The van der Waals surface area contributed by atoms with E-state index >= 15 is 0 Å². The molecule has 0 aliphatic carbocycles. The van der Waals surface area contributed by atoms with Crippen molar-refractivity contribution in [2.45, 2.75) is 26.7 Å². The summed E-state index contributed by atoms with van der Waals surface area (Å²) in [5, 5.41) is 0. The quantitative estimate of drug-likeness (QED) is 0.530. The Morgan fingerprint density at radius 3 is 1.80 bits per heavy atom. The van der Waals surface area contributed by atoms with Gasteiger partial charge in [0.2, 0.25) is 0 Å². The van der Waals surface area contributed by atoms with Gasteiger partial charge in [0.05, 0.1) is 9.76 Å². The summed E-state index contributed by atoms with van der Waals surface area (Å²) in [4.78, 5) is 0. The zero-order chi connectivity index (χ0) is 7.82. The summed E-state index contributed by atoms with van der Waals surface area (Å²) < 4.78 is 10.9. The van der Waals surface area contributed by atoms with Gasteiger partial charge in [0.15, 0.2) is 0 Å². The molecule has 0 radical (unpaired) electrons. The molecule has 0 unspecified atom stereocenters. The van der Waals surface area contributed by atoms with E-state index < -0.39 is 8.80 Å². The molecule has 0 N–H and O–H groups in total.